The van der Waals surface area contributed by atoms with Gasteiger partial charge in [-0.1, -0.05) is 41.9 Å². The quantitative estimate of drug-likeness (QED) is 0.729. The van der Waals surface area contributed by atoms with Gasteiger partial charge in [-0.05, 0) is 24.3 Å². The van der Waals surface area contributed by atoms with Crippen LogP contribution in [0.5, 0.6) is 0 Å². The van der Waals surface area contributed by atoms with Crippen molar-refractivity contribution in [1.82, 2.24) is 14.3 Å². The molecule has 0 aliphatic rings. The van der Waals surface area contributed by atoms with E-state index in [1.807, 2.05) is 18.2 Å². The molecule has 0 aliphatic heterocycles. The molecule has 0 bridgehead atoms. The first-order valence-corrected chi connectivity index (χ1v) is 6.97. The van der Waals surface area contributed by atoms with Crippen molar-refractivity contribution in [1.29, 1.82) is 0 Å². The fourth-order valence-corrected chi connectivity index (χ4v) is 2.23. The highest BCUT2D eigenvalue weighted by Gasteiger charge is 2.13. The molecule has 0 unspecified atom stereocenters. The lowest BCUT2D eigenvalue weighted by Crippen LogP contribution is -2.40. The van der Waals surface area contributed by atoms with E-state index in [4.69, 9.17) is 11.6 Å². The highest BCUT2D eigenvalue weighted by atomic mass is 35.5. The third kappa shape index (κ3) is 2.46. The van der Waals surface area contributed by atoms with E-state index >= 15 is 0 Å². The minimum Gasteiger partial charge on any atom is -0.267 e. The molecule has 0 saturated heterocycles. The molecule has 3 aromatic rings. The summed E-state index contributed by atoms with van der Waals surface area (Å²) in [7, 11) is 1.44. The molecule has 2 aromatic carbocycles. The van der Waals surface area contributed by atoms with Crippen LogP contribution >= 0.6 is 11.6 Å². The molecular weight excluding hydrogens is 302 g/mol. The van der Waals surface area contributed by atoms with Gasteiger partial charge < -0.3 is 0 Å². The van der Waals surface area contributed by atoms with Gasteiger partial charge >= 0.3 is 5.69 Å². The van der Waals surface area contributed by atoms with Crippen LogP contribution in [-0.2, 0) is 7.05 Å². The second kappa shape index (κ2) is 5.61. The zero-order chi connectivity index (χ0) is 15.7. The van der Waals surface area contributed by atoms with Crippen LogP contribution in [0.2, 0.25) is 5.02 Å². The van der Waals surface area contributed by atoms with Gasteiger partial charge in [-0.25, -0.2) is 4.79 Å². The van der Waals surface area contributed by atoms with E-state index in [9.17, 15) is 9.59 Å². The number of rotatable bonds is 2. The Balaban J connectivity index is 2.29. The summed E-state index contributed by atoms with van der Waals surface area (Å²) < 4.78 is 2.24. The zero-order valence-electron chi connectivity index (χ0n) is 11.7. The third-order valence-corrected chi connectivity index (χ3v) is 3.55. The van der Waals surface area contributed by atoms with Crippen molar-refractivity contribution in [2.24, 2.45) is 7.05 Å². The minimum atomic E-state index is -0.507. The van der Waals surface area contributed by atoms with Gasteiger partial charge in [0.15, 0.2) is 5.69 Å². The molecule has 0 saturated carbocycles. The molecular formula is C16H12ClN3O2. The maximum Gasteiger partial charge on any atom is 0.351 e. The average Bonchev–Trinajstić information content (AvgIpc) is 2.55. The standard InChI is InChI=1S/C16H12ClN3O2/c1-19-15(21)14(11-5-3-2-4-6-11)18-20(16(19)22)13-9-7-12(17)8-10-13/h2-10H,1H3. The molecule has 0 atom stereocenters. The molecule has 6 heteroatoms. The first kappa shape index (κ1) is 14.3. The van der Waals surface area contributed by atoms with Crippen molar-refractivity contribution in [3.05, 3.63) is 80.5 Å². The second-order valence-corrected chi connectivity index (χ2v) is 5.19. The molecule has 1 heterocycles. The largest absolute Gasteiger partial charge is 0.351 e. The zero-order valence-corrected chi connectivity index (χ0v) is 12.5. The van der Waals surface area contributed by atoms with Crippen molar-refractivity contribution < 1.29 is 0 Å². The van der Waals surface area contributed by atoms with Gasteiger partial charge in [-0.15, -0.1) is 0 Å². The van der Waals surface area contributed by atoms with Crippen LogP contribution in [0.4, 0.5) is 0 Å². The fourth-order valence-electron chi connectivity index (χ4n) is 2.10. The predicted molar refractivity (Wildman–Crippen MR) is 85.5 cm³/mol. The molecule has 0 spiro atoms. The summed E-state index contributed by atoms with van der Waals surface area (Å²) >= 11 is 5.86. The average molecular weight is 314 g/mol. The summed E-state index contributed by atoms with van der Waals surface area (Å²) in [6, 6.07) is 15.7. The maximum atomic E-state index is 12.3. The molecule has 3 rings (SSSR count). The van der Waals surface area contributed by atoms with Crippen LogP contribution in [0.1, 0.15) is 0 Å². The van der Waals surface area contributed by atoms with Crippen LogP contribution < -0.4 is 11.2 Å². The van der Waals surface area contributed by atoms with Crippen LogP contribution in [0, 0.1) is 0 Å². The highest BCUT2D eigenvalue weighted by Crippen LogP contribution is 2.14. The molecule has 1 aromatic heterocycles. The molecule has 0 amide bonds. The van der Waals surface area contributed by atoms with E-state index in [2.05, 4.69) is 5.10 Å². The predicted octanol–water partition coefficient (Wildman–Crippen LogP) is 2.25. The fraction of sp³-hybridized carbons (Fsp3) is 0.0625. The second-order valence-electron chi connectivity index (χ2n) is 4.75. The third-order valence-electron chi connectivity index (χ3n) is 3.29. The van der Waals surface area contributed by atoms with Gasteiger partial charge in [0.1, 0.15) is 0 Å². The molecule has 5 nitrogen and oxygen atoms in total. The Bertz CT molecular complexity index is 928. The van der Waals surface area contributed by atoms with Gasteiger partial charge in [0.05, 0.1) is 5.69 Å². The highest BCUT2D eigenvalue weighted by molar-refractivity contribution is 6.30. The van der Waals surface area contributed by atoms with Gasteiger partial charge in [-0.2, -0.15) is 9.78 Å². The lowest BCUT2D eigenvalue weighted by atomic mass is 10.2. The molecule has 0 N–H and O–H groups in total. The molecule has 0 aliphatic carbocycles. The number of nitrogens with zero attached hydrogens (tertiary/aromatic N) is 3. The molecule has 0 fully saturated rings. The van der Waals surface area contributed by atoms with Gasteiger partial charge in [-0.3, -0.25) is 9.36 Å². The molecule has 110 valence electrons. The Morgan fingerprint density at radius 2 is 1.59 bits per heavy atom. The van der Waals surface area contributed by atoms with E-state index in [0.717, 1.165) is 4.57 Å². The Morgan fingerprint density at radius 1 is 0.955 bits per heavy atom. The van der Waals surface area contributed by atoms with Crippen molar-refractivity contribution in [2.75, 3.05) is 0 Å². The lowest BCUT2D eigenvalue weighted by molar-refractivity contribution is 0.660. The summed E-state index contributed by atoms with van der Waals surface area (Å²) in [6.45, 7) is 0. The van der Waals surface area contributed by atoms with Gasteiger partial charge in [0.2, 0.25) is 0 Å². The number of aromatic nitrogens is 3. The van der Waals surface area contributed by atoms with Crippen LogP contribution in [-0.4, -0.2) is 14.3 Å². The van der Waals surface area contributed by atoms with Crippen LogP contribution in [0.3, 0.4) is 0 Å². The Kier molecular flexibility index (Phi) is 3.65. The van der Waals surface area contributed by atoms with Gasteiger partial charge in [0, 0.05) is 17.6 Å². The van der Waals surface area contributed by atoms with Gasteiger partial charge in [0.25, 0.3) is 5.56 Å². The van der Waals surface area contributed by atoms with E-state index in [1.54, 1.807) is 36.4 Å². The smallest absolute Gasteiger partial charge is 0.267 e. The normalized spacial score (nSPS) is 10.6. The SMILES string of the molecule is Cn1c(=O)c(-c2ccccc2)nn(-c2ccc(Cl)cc2)c1=O. The van der Waals surface area contributed by atoms with Crippen molar-refractivity contribution >= 4 is 11.6 Å². The summed E-state index contributed by atoms with van der Waals surface area (Å²) in [4.78, 5) is 24.6. The van der Waals surface area contributed by atoms with Crippen LogP contribution in [0.25, 0.3) is 16.9 Å². The Hall–Kier alpha value is -2.66. The lowest BCUT2D eigenvalue weighted by Gasteiger charge is -2.09. The molecule has 22 heavy (non-hydrogen) atoms. The number of benzene rings is 2. The van der Waals surface area contributed by atoms with Crippen molar-refractivity contribution in [3.8, 4) is 16.9 Å². The summed E-state index contributed by atoms with van der Waals surface area (Å²) in [5.41, 5.74) is 0.485. The number of hydrogen-bond acceptors (Lipinski definition) is 3. The minimum absolute atomic E-state index is 0.220. The topological polar surface area (TPSA) is 56.9 Å². The summed E-state index contributed by atoms with van der Waals surface area (Å²) in [5.74, 6) is 0. The summed E-state index contributed by atoms with van der Waals surface area (Å²) in [5, 5.41) is 4.79. The number of hydrogen-bond donors (Lipinski definition) is 0. The molecule has 0 radical (unpaired) electrons. The van der Waals surface area contributed by atoms with Crippen LogP contribution in [0.15, 0.2) is 64.2 Å². The van der Waals surface area contributed by atoms with E-state index in [0.29, 0.717) is 16.3 Å². The number of halogens is 1. The first-order valence-electron chi connectivity index (χ1n) is 6.59. The van der Waals surface area contributed by atoms with E-state index < -0.39 is 11.2 Å². The van der Waals surface area contributed by atoms with E-state index in [-0.39, 0.29) is 5.69 Å². The van der Waals surface area contributed by atoms with E-state index in [1.165, 1.54) is 11.7 Å². The Morgan fingerprint density at radius 3 is 2.23 bits per heavy atom. The maximum absolute atomic E-state index is 12.3. The Labute approximate surface area is 131 Å². The van der Waals surface area contributed by atoms with Crippen molar-refractivity contribution in [3.63, 3.8) is 0 Å². The monoisotopic (exact) mass is 313 g/mol. The first-order chi connectivity index (χ1) is 10.6. The summed E-state index contributed by atoms with van der Waals surface area (Å²) in [6.07, 6.45) is 0. The van der Waals surface area contributed by atoms with Crippen molar-refractivity contribution in [2.45, 2.75) is 0 Å².